The fraction of sp³-hybridized carbons (Fsp3) is 0.400. The van der Waals surface area contributed by atoms with Gasteiger partial charge in [0, 0.05) is 41.3 Å². The standard InChI is InChI=1S/C20H22FN3S/c21-13-2-4-14(5-3-13)23-15-10-16-17-12-22-7-6-18(17)24-8-1-9-25-19(11-15)20(16)24/h2-5,10-11,17-18,22-23H,1,6-9,12H2/t17-,18-/m0/s1. The van der Waals surface area contributed by atoms with Gasteiger partial charge in [0.05, 0.1) is 5.69 Å². The SMILES string of the molecule is Fc1ccc(Nc2cc3c4c(c2)[C@@H]2CNCC[C@@H]2N4CCCS3)cc1. The van der Waals surface area contributed by atoms with Crippen LogP contribution in [0.2, 0.25) is 0 Å². The van der Waals surface area contributed by atoms with Crippen molar-refractivity contribution in [3.63, 3.8) is 0 Å². The van der Waals surface area contributed by atoms with Crippen LogP contribution in [0.4, 0.5) is 21.5 Å². The number of rotatable bonds is 2. The van der Waals surface area contributed by atoms with Gasteiger partial charge in [-0.2, -0.15) is 0 Å². The second-order valence-electron chi connectivity index (χ2n) is 7.11. The molecule has 0 amide bonds. The molecule has 5 rings (SSSR count). The highest BCUT2D eigenvalue weighted by Gasteiger charge is 2.41. The molecule has 0 aromatic heterocycles. The zero-order chi connectivity index (χ0) is 16.8. The molecule has 5 heteroatoms. The topological polar surface area (TPSA) is 27.3 Å². The highest BCUT2D eigenvalue weighted by molar-refractivity contribution is 7.99. The van der Waals surface area contributed by atoms with E-state index in [4.69, 9.17) is 0 Å². The quantitative estimate of drug-likeness (QED) is 0.838. The zero-order valence-corrected chi connectivity index (χ0v) is 14.9. The van der Waals surface area contributed by atoms with Gasteiger partial charge < -0.3 is 15.5 Å². The van der Waals surface area contributed by atoms with E-state index in [0.29, 0.717) is 12.0 Å². The van der Waals surface area contributed by atoms with E-state index in [1.165, 1.54) is 53.4 Å². The molecule has 0 aliphatic carbocycles. The fourth-order valence-corrected chi connectivity index (χ4v) is 5.57. The number of hydrogen-bond donors (Lipinski definition) is 2. The van der Waals surface area contributed by atoms with Gasteiger partial charge in [-0.1, -0.05) is 0 Å². The normalized spacial score (nSPS) is 24.4. The van der Waals surface area contributed by atoms with Crippen LogP contribution in [0.3, 0.4) is 0 Å². The summed E-state index contributed by atoms with van der Waals surface area (Å²) in [6.45, 7) is 3.37. The van der Waals surface area contributed by atoms with Crippen molar-refractivity contribution in [2.24, 2.45) is 0 Å². The number of hydrogen-bond acceptors (Lipinski definition) is 4. The van der Waals surface area contributed by atoms with Crippen LogP contribution < -0.4 is 15.5 Å². The molecular weight excluding hydrogens is 333 g/mol. The Morgan fingerprint density at radius 2 is 2.04 bits per heavy atom. The number of halogens is 1. The predicted octanol–water partition coefficient (Wildman–Crippen LogP) is 4.33. The Morgan fingerprint density at radius 1 is 1.16 bits per heavy atom. The minimum absolute atomic E-state index is 0.201. The third-order valence-corrected chi connectivity index (χ3v) is 6.69. The summed E-state index contributed by atoms with van der Waals surface area (Å²) in [7, 11) is 0. The Morgan fingerprint density at radius 3 is 2.92 bits per heavy atom. The number of nitrogens with zero attached hydrogens (tertiary/aromatic N) is 1. The van der Waals surface area contributed by atoms with E-state index in [2.05, 4.69) is 27.7 Å². The molecule has 1 fully saturated rings. The summed E-state index contributed by atoms with van der Waals surface area (Å²) >= 11 is 1.98. The van der Waals surface area contributed by atoms with Crippen LogP contribution in [0.1, 0.15) is 24.3 Å². The van der Waals surface area contributed by atoms with E-state index >= 15 is 0 Å². The van der Waals surface area contributed by atoms with E-state index in [-0.39, 0.29) is 5.82 Å². The molecule has 2 N–H and O–H groups in total. The van der Waals surface area contributed by atoms with Gasteiger partial charge in [-0.15, -0.1) is 11.8 Å². The minimum atomic E-state index is -0.201. The Kier molecular flexibility index (Phi) is 3.86. The summed E-state index contributed by atoms with van der Waals surface area (Å²) in [5.41, 5.74) is 5.00. The van der Waals surface area contributed by atoms with Crippen LogP contribution in [-0.4, -0.2) is 31.4 Å². The number of nitrogens with one attached hydrogen (secondary N) is 2. The van der Waals surface area contributed by atoms with Gasteiger partial charge in [0.2, 0.25) is 0 Å². The molecule has 0 spiro atoms. The third-order valence-electron chi connectivity index (χ3n) is 5.57. The van der Waals surface area contributed by atoms with Crippen LogP contribution in [0.5, 0.6) is 0 Å². The van der Waals surface area contributed by atoms with Gasteiger partial charge in [0.25, 0.3) is 0 Å². The maximum atomic E-state index is 13.2. The third kappa shape index (κ3) is 2.70. The molecule has 0 unspecified atom stereocenters. The molecule has 0 radical (unpaired) electrons. The molecule has 2 aromatic carbocycles. The van der Waals surface area contributed by atoms with Crippen LogP contribution in [0.15, 0.2) is 41.3 Å². The van der Waals surface area contributed by atoms with Crippen molar-refractivity contribution < 1.29 is 4.39 Å². The zero-order valence-electron chi connectivity index (χ0n) is 14.1. The Labute approximate surface area is 152 Å². The summed E-state index contributed by atoms with van der Waals surface area (Å²) in [6.07, 6.45) is 2.47. The van der Waals surface area contributed by atoms with Crippen LogP contribution in [-0.2, 0) is 0 Å². The van der Waals surface area contributed by atoms with Crippen molar-refractivity contribution in [1.29, 1.82) is 0 Å². The Hall–Kier alpha value is -1.72. The summed E-state index contributed by atoms with van der Waals surface area (Å²) in [5.74, 6) is 1.56. The number of thioether (sulfide) groups is 1. The first-order valence-electron chi connectivity index (χ1n) is 9.10. The highest BCUT2D eigenvalue weighted by Crippen LogP contribution is 2.50. The average molecular weight is 355 g/mol. The predicted molar refractivity (Wildman–Crippen MR) is 103 cm³/mol. The van der Waals surface area contributed by atoms with Gasteiger partial charge in [0.15, 0.2) is 0 Å². The fourth-order valence-electron chi connectivity index (χ4n) is 4.50. The van der Waals surface area contributed by atoms with Gasteiger partial charge in [-0.25, -0.2) is 4.39 Å². The lowest BCUT2D eigenvalue weighted by atomic mass is 9.90. The Balaban J connectivity index is 1.55. The molecule has 0 bridgehead atoms. The highest BCUT2D eigenvalue weighted by atomic mass is 32.2. The summed E-state index contributed by atoms with van der Waals surface area (Å²) in [5, 5.41) is 7.05. The molecule has 25 heavy (non-hydrogen) atoms. The number of benzene rings is 2. The van der Waals surface area contributed by atoms with E-state index in [9.17, 15) is 4.39 Å². The van der Waals surface area contributed by atoms with E-state index < -0.39 is 0 Å². The van der Waals surface area contributed by atoms with Crippen LogP contribution >= 0.6 is 11.8 Å². The van der Waals surface area contributed by atoms with Crippen molar-refractivity contribution in [2.75, 3.05) is 35.6 Å². The molecule has 2 atom stereocenters. The van der Waals surface area contributed by atoms with Crippen molar-refractivity contribution in [3.8, 4) is 0 Å². The molecule has 0 saturated carbocycles. The van der Waals surface area contributed by atoms with E-state index in [1.54, 1.807) is 12.1 Å². The molecule has 3 aliphatic heterocycles. The average Bonchev–Trinajstić information content (AvgIpc) is 2.79. The maximum Gasteiger partial charge on any atom is 0.123 e. The largest absolute Gasteiger partial charge is 0.367 e. The molecular formula is C20H22FN3S. The summed E-state index contributed by atoms with van der Waals surface area (Å²) in [4.78, 5) is 4.08. The number of anilines is 3. The van der Waals surface area contributed by atoms with Gasteiger partial charge in [-0.05, 0) is 67.1 Å². The van der Waals surface area contributed by atoms with Crippen molar-refractivity contribution in [2.45, 2.75) is 29.7 Å². The molecule has 3 nitrogen and oxygen atoms in total. The van der Waals surface area contributed by atoms with E-state index in [0.717, 1.165) is 24.5 Å². The summed E-state index contributed by atoms with van der Waals surface area (Å²) in [6, 6.07) is 11.8. The lowest BCUT2D eigenvalue weighted by Crippen LogP contribution is -2.44. The summed E-state index contributed by atoms with van der Waals surface area (Å²) < 4.78 is 13.2. The van der Waals surface area contributed by atoms with Crippen molar-refractivity contribution in [1.82, 2.24) is 5.32 Å². The van der Waals surface area contributed by atoms with Crippen molar-refractivity contribution in [3.05, 3.63) is 47.8 Å². The molecule has 2 aromatic rings. The first-order valence-corrected chi connectivity index (χ1v) is 10.1. The Bertz CT molecular complexity index is 792. The lowest BCUT2D eigenvalue weighted by Gasteiger charge is -2.33. The number of piperidine rings is 1. The first kappa shape index (κ1) is 15.5. The second-order valence-corrected chi connectivity index (χ2v) is 8.24. The maximum absolute atomic E-state index is 13.2. The molecule has 3 aliphatic rings. The smallest absolute Gasteiger partial charge is 0.123 e. The second kappa shape index (κ2) is 6.22. The first-order chi connectivity index (χ1) is 12.3. The van der Waals surface area contributed by atoms with Gasteiger partial charge in [-0.3, -0.25) is 0 Å². The van der Waals surface area contributed by atoms with Crippen LogP contribution in [0, 0.1) is 5.82 Å². The van der Waals surface area contributed by atoms with Crippen LogP contribution in [0.25, 0.3) is 0 Å². The molecule has 130 valence electrons. The van der Waals surface area contributed by atoms with Gasteiger partial charge in [0.1, 0.15) is 5.82 Å². The minimum Gasteiger partial charge on any atom is -0.367 e. The lowest BCUT2D eigenvalue weighted by molar-refractivity contribution is 0.403. The van der Waals surface area contributed by atoms with E-state index in [1.807, 2.05) is 11.8 Å². The number of fused-ring (bicyclic) bond motifs is 3. The monoisotopic (exact) mass is 355 g/mol. The molecule has 1 saturated heterocycles. The van der Waals surface area contributed by atoms with Crippen molar-refractivity contribution >= 4 is 28.8 Å². The van der Waals surface area contributed by atoms with Gasteiger partial charge >= 0.3 is 0 Å². The molecule has 3 heterocycles.